The lowest BCUT2D eigenvalue weighted by atomic mass is 10.1. The lowest BCUT2D eigenvalue weighted by molar-refractivity contribution is 0.315. The van der Waals surface area contributed by atoms with E-state index in [9.17, 15) is 0 Å². The monoisotopic (exact) mass is 313 g/mol. The van der Waals surface area contributed by atoms with Gasteiger partial charge in [0.25, 0.3) is 0 Å². The van der Waals surface area contributed by atoms with Crippen LogP contribution in [-0.2, 0) is 6.54 Å². The number of thioether (sulfide) groups is 1. The number of fused-ring (bicyclic) bond motifs is 1. The summed E-state index contributed by atoms with van der Waals surface area (Å²) in [5.74, 6) is 1.74. The molecule has 5 heteroatoms. The van der Waals surface area contributed by atoms with Gasteiger partial charge in [-0.05, 0) is 30.0 Å². The number of rotatable bonds is 5. The highest BCUT2D eigenvalue weighted by molar-refractivity contribution is 7.98. The molecular weight excluding hydrogens is 294 g/mol. The van der Waals surface area contributed by atoms with Crippen LogP contribution in [0.1, 0.15) is 5.56 Å². The Hall–Kier alpha value is -2.14. The fourth-order valence-corrected chi connectivity index (χ4v) is 2.82. The first kappa shape index (κ1) is 14.8. The van der Waals surface area contributed by atoms with Crippen molar-refractivity contribution in [2.75, 3.05) is 24.7 Å². The number of hydrogen-bond donors (Lipinski definition) is 2. The zero-order chi connectivity index (χ0) is 15.2. The van der Waals surface area contributed by atoms with Crippen LogP contribution in [0.2, 0.25) is 0 Å². The molecule has 0 aliphatic carbocycles. The quantitative estimate of drug-likeness (QED) is 0.656. The second kappa shape index (κ2) is 7.22. The highest BCUT2D eigenvalue weighted by Crippen LogP contribution is 2.26. The van der Waals surface area contributed by atoms with Gasteiger partial charge in [-0.2, -0.15) is 0 Å². The Kier molecular flexibility index (Phi) is 4.85. The largest absolute Gasteiger partial charge is 0.491 e. The van der Waals surface area contributed by atoms with Crippen LogP contribution >= 0.6 is 11.8 Å². The van der Waals surface area contributed by atoms with E-state index in [0.717, 1.165) is 22.3 Å². The molecule has 0 atom stereocenters. The molecule has 1 heterocycles. The van der Waals surface area contributed by atoms with E-state index in [-0.39, 0.29) is 0 Å². The average molecular weight is 313 g/mol. The summed E-state index contributed by atoms with van der Waals surface area (Å²) >= 11 is 1.69. The summed E-state index contributed by atoms with van der Waals surface area (Å²) in [5.41, 5.74) is 2.34. The van der Waals surface area contributed by atoms with Crippen molar-refractivity contribution < 1.29 is 4.74 Å². The fraction of sp³-hybridized carbons (Fsp3) is 0.235. The van der Waals surface area contributed by atoms with Crippen molar-refractivity contribution in [2.45, 2.75) is 11.4 Å². The van der Waals surface area contributed by atoms with Crippen molar-refractivity contribution in [3.8, 4) is 5.75 Å². The number of guanidine groups is 1. The van der Waals surface area contributed by atoms with E-state index in [0.29, 0.717) is 19.7 Å². The normalized spacial score (nSPS) is 12.9. The van der Waals surface area contributed by atoms with Gasteiger partial charge in [0, 0.05) is 10.6 Å². The first-order chi connectivity index (χ1) is 10.9. The summed E-state index contributed by atoms with van der Waals surface area (Å²) in [6, 6.07) is 16.3. The Morgan fingerprint density at radius 2 is 2.00 bits per heavy atom. The van der Waals surface area contributed by atoms with Crippen molar-refractivity contribution in [1.82, 2.24) is 5.32 Å². The van der Waals surface area contributed by atoms with Crippen LogP contribution in [0.4, 0.5) is 5.69 Å². The highest BCUT2D eigenvalue weighted by Gasteiger charge is 2.10. The lowest BCUT2D eigenvalue weighted by Crippen LogP contribution is -2.35. The van der Waals surface area contributed by atoms with E-state index in [4.69, 9.17) is 4.74 Å². The molecule has 2 N–H and O–H groups in total. The maximum atomic E-state index is 5.82. The van der Waals surface area contributed by atoms with Crippen molar-refractivity contribution in [3.05, 3.63) is 54.1 Å². The Morgan fingerprint density at radius 3 is 2.91 bits per heavy atom. The predicted molar refractivity (Wildman–Crippen MR) is 92.9 cm³/mol. The summed E-state index contributed by atoms with van der Waals surface area (Å²) in [5, 5.41) is 6.57. The minimum atomic E-state index is 0.597. The highest BCUT2D eigenvalue weighted by atomic mass is 32.2. The van der Waals surface area contributed by atoms with E-state index in [1.807, 2.05) is 30.3 Å². The van der Waals surface area contributed by atoms with Gasteiger partial charge in [0.15, 0.2) is 5.96 Å². The van der Waals surface area contributed by atoms with Crippen molar-refractivity contribution >= 4 is 23.4 Å². The summed E-state index contributed by atoms with van der Waals surface area (Å²) in [6.45, 7) is 2.01. The van der Waals surface area contributed by atoms with E-state index >= 15 is 0 Å². The molecule has 0 spiro atoms. The number of nitrogens with zero attached hydrogens (tertiary/aromatic N) is 1. The van der Waals surface area contributed by atoms with E-state index in [1.165, 1.54) is 5.56 Å². The molecule has 22 heavy (non-hydrogen) atoms. The molecule has 2 aromatic carbocycles. The third kappa shape index (κ3) is 3.54. The second-order valence-corrected chi connectivity index (χ2v) is 5.72. The number of hydrogen-bond acceptors (Lipinski definition) is 5. The first-order valence-corrected chi connectivity index (χ1v) is 8.48. The zero-order valence-electron chi connectivity index (χ0n) is 12.5. The molecule has 0 amide bonds. The fourth-order valence-electron chi connectivity index (χ4n) is 2.28. The SMILES string of the molecule is CSc1ccccc1OCCNC1=NCc2ccccc2N1. The standard InChI is InChI=1S/C17H19N3OS/c1-22-16-9-5-4-8-15(16)21-11-10-18-17-19-12-13-6-2-3-7-14(13)20-17/h2-9H,10-12H2,1H3,(H2,18,19,20). The minimum absolute atomic E-state index is 0.597. The van der Waals surface area contributed by atoms with Crippen LogP contribution in [0.3, 0.4) is 0 Å². The van der Waals surface area contributed by atoms with Crippen LogP contribution in [-0.4, -0.2) is 25.4 Å². The molecular formula is C17H19N3OS. The molecule has 0 saturated heterocycles. The third-order valence-electron chi connectivity index (χ3n) is 3.40. The molecule has 114 valence electrons. The van der Waals surface area contributed by atoms with E-state index in [1.54, 1.807) is 11.8 Å². The van der Waals surface area contributed by atoms with Crippen LogP contribution < -0.4 is 15.4 Å². The molecule has 4 nitrogen and oxygen atoms in total. The summed E-state index contributed by atoms with van der Waals surface area (Å²) < 4.78 is 5.82. The van der Waals surface area contributed by atoms with Gasteiger partial charge in [-0.3, -0.25) is 0 Å². The van der Waals surface area contributed by atoms with Crippen molar-refractivity contribution in [1.29, 1.82) is 0 Å². The Morgan fingerprint density at radius 1 is 1.18 bits per heavy atom. The number of para-hydroxylation sites is 2. The second-order valence-electron chi connectivity index (χ2n) is 4.87. The molecule has 0 aromatic heterocycles. The molecule has 0 saturated carbocycles. The van der Waals surface area contributed by atoms with Gasteiger partial charge in [-0.1, -0.05) is 30.3 Å². The first-order valence-electron chi connectivity index (χ1n) is 7.26. The van der Waals surface area contributed by atoms with Crippen LogP contribution in [0, 0.1) is 0 Å². The Labute approximate surface area is 135 Å². The maximum absolute atomic E-state index is 5.82. The number of aliphatic imine (C=N–C) groups is 1. The zero-order valence-corrected chi connectivity index (χ0v) is 13.3. The Balaban J connectivity index is 1.47. The van der Waals surface area contributed by atoms with Crippen LogP contribution in [0.5, 0.6) is 5.75 Å². The summed E-state index contributed by atoms with van der Waals surface area (Å²) in [4.78, 5) is 5.64. The minimum Gasteiger partial charge on any atom is -0.491 e. The molecule has 0 bridgehead atoms. The molecule has 3 rings (SSSR count). The van der Waals surface area contributed by atoms with Gasteiger partial charge >= 0.3 is 0 Å². The molecule has 2 aromatic rings. The summed E-state index contributed by atoms with van der Waals surface area (Å²) in [7, 11) is 0. The van der Waals surface area contributed by atoms with Gasteiger partial charge in [0.05, 0.1) is 13.1 Å². The lowest BCUT2D eigenvalue weighted by Gasteiger charge is -2.19. The Bertz CT molecular complexity index is 672. The topological polar surface area (TPSA) is 45.6 Å². The predicted octanol–water partition coefficient (Wildman–Crippen LogP) is 3.36. The van der Waals surface area contributed by atoms with E-state index < -0.39 is 0 Å². The van der Waals surface area contributed by atoms with Gasteiger partial charge in [0.1, 0.15) is 12.4 Å². The van der Waals surface area contributed by atoms with Gasteiger partial charge < -0.3 is 15.4 Å². The van der Waals surface area contributed by atoms with E-state index in [2.05, 4.69) is 40.1 Å². The third-order valence-corrected chi connectivity index (χ3v) is 4.18. The number of anilines is 1. The van der Waals surface area contributed by atoms with Crippen molar-refractivity contribution in [3.63, 3.8) is 0 Å². The number of nitrogens with one attached hydrogen (secondary N) is 2. The van der Waals surface area contributed by atoms with Crippen molar-refractivity contribution in [2.24, 2.45) is 4.99 Å². The van der Waals surface area contributed by atoms with Crippen LogP contribution in [0.15, 0.2) is 58.4 Å². The molecule has 0 unspecified atom stereocenters. The number of ether oxygens (including phenoxy) is 1. The molecule has 0 fully saturated rings. The van der Waals surface area contributed by atoms with Gasteiger partial charge in [-0.25, -0.2) is 4.99 Å². The van der Waals surface area contributed by atoms with Gasteiger partial charge in [-0.15, -0.1) is 11.8 Å². The molecule has 1 aliphatic rings. The smallest absolute Gasteiger partial charge is 0.196 e. The molecule has 1 aliphatic heterocycles. The van der Waals surface area contributed by atoms with Gasteiger partial charge in [0.2, 0.25) is 0 Å². The number of benzene rings is 2. The average Bonchev–Trinajstić information content (AvgIpc) is 2.59. The molecule has 0 radical (unpaired) electrons. The maximum Gasteiger partial charge on any atom is 0.196 e. The van der Waals surface area contributed by atoms with Crippen LogP contribution in [0.25, 0.3) is 0 Å². The summed E-state index contributed by atoms with van der Waals surface area (Å²) in [6.07, 6.45) is 2.05.